The molecule has 0 spiro atoms. The smallest absolute Gasteiger partial charge is 0.329 e. The van der Waals surface area contributed by atoms with E-state index in [9.17, 15) is 24.0 Å². The third-order valence-electron chi connectivity index (χ3n) is 7.26. The molecule has 4 saturated heterocycles. The molecule has 4 aliphatic rings. The Labute approximate surface area is 193 Å². The summed E-state index contributed by atoms with van der Waals surface area (Å²) >= 11 is 0. The normalized spacial score (nSPS) is 34.5. The van der Waals surface area contributed by atoms with Crippen LogP contribution in [-0.2, 0) is 28.7 Å². The SMILES string of the molecule is C[C@@H]1NC(=O)[C@@H]2CCCCN2C(=O)[C@@H]2CCCN2C(=O)C[C@H](C)OC(=O)[C@@H]2CCCN2C1=O. The average Bonchev–Trinajstić information content (AvgIpc) is 3.47. The molecular weight excluding hydrogens is 428 g/mol. The molecule has 4 aliphatic heterocycles. The Morgan fingerprint density at radius 2 is 1.33 bits per heavy atom. The summed E-state index contributed by atoms with van der Waals surface area (Å²) in [5.41, 5.74) is 0. The Bertz CT molecular complexity index is 832. The van der Waals surface area contributed by atoms with Crippen molar-refractivity contribution < 1.29 is 28.7 Å². The predicted octanol–water partition coefficient (Wildman–Crippen LogP) is 0.190. The van der Waals surface area contributed by atoms with E-state index in [0.29, 0.717) is 51.7 Å². The third kappa shape index (κ3) is 4.70. The highest BCUT2D eigenvalue weighted by atomic mass is 16.5. The van der Waals surface area contributed by atoms with Crippen LogP contribution in [-0.4, -0.2) is 94.2 Å². The first-order chi connectivity index (χ1) is 15.8. The number of nitrogens with one attached hydrogen (secondary N) is 1. The van der Waals surface area contributed by atoms with E-state index in [4.69, 9.17) is 4.74 Å². The van der Waals surface area contributed by atoms with E-state index in [-0.39, 0.29) is 30.0 Å². The maximum Gasteiger partial charge on any atom is 0.329 e. The van der Waals surface area contributed by atoms with Crippen molar-refractivity contribution in [2.75, 3.05) is 19.6 Å². The van der Waals surface area contributed by atoms with Crippen molar-refractivity contribution >= 4 is 29.6 Å². The third-order valence-corrected chi connectivity index (χ3v) is 7.26. The highest BCUT2D eigenvalue weighted by molar-refractivity contribution is 5.95. The molecule has 4 rings (SSSR count). The fourth-order valence-electron chi connectivity index (χ4n) is 5.56. The largest absolute Gasteiger partial charge is 0.461 e. The molecule has 0 aromatic rings. The zero-order chi connectivity index (χ0) is 23.7. The van der Waals surface area contributed by atoms with Gasteiger partial charge in [0.05, 0.1) is 6.42 Å². The average molecular weight is 463 g/mol. The highest BCUT2D eigenvalue weighted by Crippen LogP contribution is 2.27. The molecule has 0 aromatic heterocycles. The van der Waals surface area contributed by atoms with Gasteiger partial charge >= 0.3 is 5.97 Å². The summed E-state index contributed by atoms with van der Waals surface area (Å²) in [7, 11) is 0. The van der Waals surface area contributed by atoms with Crippen LogP contribution in [0.4, 0.5) is 0 Å². The summed E-state index contributed by atoms with van der Waals surface area (Å²) < 4.78 is 5.54. The molecular formula is C23H34N4O6. The number of piperidine rings is 1. The van der Waals surface area contributed by atoms with Gasteiger partial charge in [-0.05, 0) is 58.8 Å². The second kappa shape index (κ2) is 9.69. The summed E-state index contributed by atoms with van der Waals surface area (Å²) in [4.78, 5) is 70.2. The lowest BCUT2D eigenvalue weighted by Crippen LogP contribution is -2.59. The lowest BCUT2D eigenvalue weighted by Gasteiger charge is -2.38. The lowest BCUT2D eigenvalue weighted by molar-refractivity contribution is -0.160. The van der Waals surface area contributed by atoms with Crippen LogP contribution < -0.4 is 5.32 Å². The standard InChI is InChI=1S/C23H34N4O6/c1-14-13-19(28)25-11-5-8-17(25)22(31)26-10-4-3-7-16(26)20(29)24-15(2)21(30)27-12-6-9-18(27)23(32)33-14/h14-18H,3-13H2,1-2H3,(H,24,29)/t14-,15-,16-,17-,18-/m0/s1. The number of hydrogen-bond donors (Lipinski definition) is 1. The maximum atomic E-state index is 13.5. The summed E-state index contributed by atoms with van der Waals surface area (Å²) in [6, 6.07) is -2.80. The van der Waals surface area contributed by atoms with Crippen molar-refractivity contribution in [1.29, 1.82) is 0 Å². The molecule has 0 bridgehead atoms. The minimum atomic E-state index is -0.820. The van der Waals surface area contributed by atoms with Crippen molar-refractivity contribution in [3.8, 4) is 0 Å². The first-order valence-electron chi connectivity index (χ1n) is 12.2. The number of nitrogens with zero attached hydrogens (tertiary/aromatic N) is 3. The molecule has 0 saturated carbocycles. The van der Waals surface area contributed by atoms with Crippen molar-refractivity contribution in [2.45, 2.75) is 95.5 Å². The van der Waals surface area contributed by atoms with Crippen LogP contribution >= 0.6 is 0 Å². The Morgan fingerprint density at radius 1 is 0.727 bits per heavy atom. The predicted molar refractivity (Wildman–Crippen MR) is 117 cm³/mol. The minimum Gasteiger partial charge on any atom is -0.461 e. The topological polar surface area (TPSA) is 116 Å². The molecule has 4 fully saturated rings. The Kier molecular flexibility index (Phi) is 6.90. The lowest BCUT2D eigenvalue weighted by atomic mass is 9.99. The van der Waals surface area contributed by atoms with Gasteiger partial charge in [-0.15, -0.1) is 0 Å². The molecule has 4 amide bonds. The molecule has 5 atom stereocenters. The fraction of sp³-hybridized carbons (Fsp3) is 0.783. The van der Waals surface area contributed by atoms with Gasteiger partial charge in [-0.2, -0.15) is 0 Å². The molecule has 33 heavy (non-hydrogen) atoms. The fourth-order valence-corrected chi connectivity index (χ4v) is 5.56. The number of amides is 4. The van der Waals surface area contributed by atoms with Crippen LogP contribution in [0.15, 0.2) is 0 Å². The number of ether oxygens (including phenoxy) is 1. The zero-order valence-corrected chi connectivity index (χ0v) is 19.5. The molecule has 182 valence electrons. The molecule has 0 radical (unpaired) electrons. The van der Waals surface area contributed by atoms with Gasteiger partial charge in [-0.3, -0.25) is 19.2 Å². The van der Waals surface area contributed by atoms with Gasteiger partial charge in [0.15, 0.2) is 0 Å². The number of cyclic esters (lactones) is 1. The van der Waals surface area contributed by atoms with E-state index >= 15 is 0 Å². The molecule has 10 heteroatoms. The summed E-state index contributed by atoms with van der Waals surface area (Å²) in [5, 5.41) is 2.78. The number of hydrogen-bond acceptors (Lipinski definition) is 6. The van der Waals surface area contributed by atoms with Gasteiger partial charge in [0.25, 0.3) is 0 Å². The van der Waals surface area contributed by atoms with Crippen molar-refractivity contribution in [3.05, 3.63) is 0 Å². The summed E-state index contributed by atoms with van der Waals surface area (Å²) in [6.07, 6.45) is 3.88. The summed E-state index contributed by atoms with van der Waals surface area (Å²) in [6.45, 7) is 4.62. The van der Waals surface area contributed by atoms with E-state index in [2.05, 4.69) is 5.32 Å². The second-order valence-corrected chi connectivity index (χ2v) is 9.66. The van der Waals surface area contributed by atoms with Gasteiger partial charge in [-0.1, -0.05) is 0 Å². The molecule has 4 heterocycles. The number of esters is 1. The molecule has 0 aromatic carbocycles. The highest BCUT2D eigenvalue weighted by Gasteiger charge is 2.43. The van der Waals surface area contributed by atoms with Gasteiger partial charge < -0.3 is 24.8 Å². The van der Waals surface area contributed by atoms with Gasteiger partial charge in [0, 0.05) is 19.6 Å². The van der Waals surface area contributed by atoms with Crippen LogP contribution in [0.25, 0.3) is 0 Å². The van der Waals surface area contributed by atoms with Crippen LogP contribution in [0, 0.1) is 0 Å². The zero-order valence-electron chi connectivity index (χ0n) is 19.5. The van der Waals surface area contributed by atoms with Crippen LogP contribution in [0.1, 0.15) is 65.2 Å². The van der Waals surface area contributed by atoms with E-state index in [0.717, 1.165) is 12.8 Å². The quantitative estimate of drug-likeness (QED) is 0.514. The number of fused-ring (bicyclic) bond motifs is 3. The van der Waals surface area contributed by atoms with Gasteiger partial charge in [0.1, 0.15) is 30.3 Å². The Hall–Kier alpha value is -2.65. The molecule has 10 nitrogen and oxygen atoms in total. The van der Waals surface area contributed by atoms with Crippen LogP contribution in [0.3, 0.4) is 0 Å². The second-order valence-electron chi connectivity index (χ2n) is 9.66. The van der Waals surface area contributed by atoms with Crippen molar-refractivity contribution in [3.63, 3.8) is 0 Å². The number of carbonyl (C=O) groups excluding carboxylic acids is 5. The minimum absolute atomic E-state index is 0.0174. The van der Waals surface area contributed by atoms with Crippen molar-refractivity contribution in [1.82, 2.24) is 20.0 Å². The van der Waals surface area contributed by atoms with Crippen LogP contribution in [0.2, 0.25) is 0 Å². The van der Waals surface area contributed by atoms with Crippen LogP contribution in [0.5, 0.6) is 0 Å². The van der Waals surface area contributed by atoms with Gasteiger partial charge in [0.2, 0.25) is 23.6 Å². The first-order valence-corrected chi connectivity index (χ1v) is 12.2. The Balaban J connectivity index is 1.63. The number of carbonyl (C=O) groups is 5. The number of rotatable bonds is 0. The molecule has 0 unspecified atom stereocenters. The van der Waals surface area contributed by atoms with E-state index in [1.807, 2.05) is 0 Å². The van der Waals surface area contributed by atoms with E-state index < -0.39 is 36.2 Å². The summed E-state index contributed by atoms with van der Waals surface area (Å²) in [5.74, 6) is -1.67. The molecule has 1 N–H and O–H groups in total. The first kappa shape index (κ1) is 23.5. The Morgan fingerprint density at radius 3 is 2.09 bits per heavy atom. The van der Waals surface area contributed by atoms with E-state index in [1.165, 1.54) is 4.90 Å². The maximum absolute atomic E-state index is 13.5. The van der Waals surface area contributed by atoms with Crippen molar-refractivity contribution in [2.24, 2.45) is 0 Å². The van der Waals surface area contributed by atoms with E-state index in [1.54, 1.807) is 23.6 Å². The van der Waals surface area contributed by atoms with Gasteiger partial charge in [-0.25, -0.2) is 4.79 Å². The monoisotopic (exact) mass is 462 g/mol. The molecule has 0 aliphatic carbocycles.